The van der Waals surface area contributed by atoms with Gasteiger partial charge in [0.1, 0.15) is 12.4 Å². The zero-order valence-electron chi connectivity index (χ0n) is 11.4. The molecular formula is C17H17NOS. The van der Waals surface area contributed by atoms with Crippen LogP contribution in [0.3, 0.4) is 0 Å². The van der Waals surface area contributed by atoms with Crippen LogP contribution in [0, 0.1) is 6.92 Å². The molecule has 0 amide bonds. The lowest BCUT2D eigenvalue weighted by Gasteiger charge is -2.04. The van der Waals surface area contributed by atoms with Crippen LogP contribution in [0.1, 0.15) is 16.0 Å². The smallest absolute Gasteiger partial charge is 0.122 e. The molecular weight excluding hydrogens is 266 g/mol. The third kappa shape index (κ3) is 2.84. The lowest BCUT2D eigenvalue weighted by molar-refractivity contribution is 0.310. The summed E-state index contributed by atoms with van der Waals surface area (Å²) in [6.07, 6.45) is 0. The number of ether oxygens (including phenoxy) is 1. The van der Waals surface area contributed by atoms with E-state index >= 15 is 0 Å². The van der Waals surface area contributed by atoms with Crippen molar-refractivity contribution in [3.8, 4) is 5.75 Å². The van der Waals surface area contributed by atoms with Crippen LogP contribution in [0.5, 0.6) is 5.75 Å². The predicted molar refractivity (Wildman–Crippen MR) is 85.2 cm³/mol. The quantitative estimate of drug-likeness (QED) is 0.777. The Morgan fingerprint density at radius 2 is 1.85 bits per heavy atom. The third-order valence-corrected chi connectivity index (χ3v) is 4.34. The second-order valence-corrected chi connectivity index (χ2v) is 6.06. The van der Waals surface area contributed by atoms with E-state index in [1.54, 1.807) is 11.3 Å². The summed E-state index contributed by atoms with van der Waals surface area (Å²) in [7, 11) is 0. The van der Waals surface area contributed by atoms with Crippen molar-refractivity contribution in [3.63, 3.8) is 0 Å². The molecule has 3 rings (SSSR count). The Bertz CT molecular complexity index is 715. The highest BCUT2D eigenvalue weighted by Crippen LogP contribution is 2.27. The van der Waals surface area contributed by atoms with Crippen molar-refractivity contribution in [3.05, 3.63) is 64.5 Å². The Kier molecular flexibility index (Phi) is 3.72. The zero-order valence-corrected chi connectivity index (χ0v) is 12.2. The van der Waals surface area contributed by atoms with E-state index in [-0.39, 0.29) is 0 Å². The van der Waals surface area contributed by atoms with E-state index in [0.717, 1.165) is 5.75 Å². The summed E-state index contributed by atoms with van der Waals surface area (Å²) >= 11 is 1.77. The van der Waals surface area contributed by atoms with Gasteiger partial charge in [0, 0.05) is 16.1 Å². The lowest BCUT2D eigenvalue weighted by Crippen LogP contribution is -1.94. The van der Waals surface area contributed by atoms with Crippen LogP contribution in [0.4, 0.5) is 0 Å². The molecule has 0 saturated heterocycles. The summed E-state index contributed by atoms with van der Waals surface area (Å²) in [6, 6.07) is 16.7. The van der Waals surface area contributed by atoms with E-state index in [1.807, 2.05) is 12.1 Å². The van der Waals surface area contributed by atoms with Gasteiger partial charge in [-0.25, -0.2) is 0 Å². The van der Waals surface area contributed by atoms with Gasteiger partial charge < -0.3 is 10.5 Å². The van der Waals surface area contributed by atoms with Gasteiger partial charge in [-0.15, -0.1) is 11.3 Å². The minimum Gasteiger partial charge on any atom is -0.488 e. The van der Waals surface area contributed by atoms with Gasteiger partial charge in [0.25, 0.3) is 0 Å². The van der Waals surface area contributed by atoms with E-state index in [2.05, 4.69) is 43.3 Å². The number of aryl methyl sites for hydroxylation is 1. The molecule has 0 fully saturated rings. The fraction of sp³-hybridized carbons (Fsp3) is 0.176. The molecule has 2 nitrogen and oxygen atoms in total. The van der Waals surface area contributed by atoms with E-state index < -0.39 is 0 Å². The summed E-state index contributed by atoms with van der Waals surface area (Å²) < 4.78 is 7.09. The van der Waals surface area contributed by atoms with Crippen molar-refractivity contribution in [1.82, 2.24) is 0 Å². The van der Waals surface area contributed by atoms with Crippen LogP contribution in [0.2, 0.25) is 0 Å². The minimum atomic E-state index is 0.586. The first kappa shape index (κ1) is 13.2. The van der Waals surface area contributed by atoms with Gasteiger partial charge in [-0.1, -0.05) is 29.8 Å². The maximum Gasteiger partial charge on any atom is 0.122 e. The summed E-state index contributed by atoms with van der Waals surface area (Å²) in [5.41, 5.74) is 8.09. The number of benzene rings is 2. The molecule has 0 saturated carbocycles. The molecule has 0 atom stereocenters. The molecule has 0 spiro atoms. The fourth-order valence-corrected chi connectivity index (χ4v) is 3.16. The number of thiophene rings is 1. The first-order valence-corrected chi connectivity index (χ1v) is 7.47. The normalized spacial score (nSPS) is 10.9. The van der Waals surface area contributed by atoms with Gasteiger partial charge in [0.15, 0.2) is 0 Å². The Balaban J connectivity index is 1.75. The summed E-state index contributed by atoms with van der Waals surface area (Å²) in [5.74, 6) is 0.913. The van der Waals surface area contributed by atoms with Crippen molar-refractivity contribution in [1.29, 1.82) is 0 Å². The van der Waals surface area contributed by atoms with Gasteiger partial charge in [-0.3, -0.25) is 0 Å². The van der Waals surface area contributed by atoms with Gasteiger partial charge in [0.05, 0.1) is 0 Å². The van der Waals surface area contributed by atoms with Crippen LogP contribution in [0.25, 0.3) is 10.1 Å². The van der Waals surface area contributed by atoms with Gasteiger partial charge >= 0.3 is 0 Å². The van der Waals surface area contributed by atoms with Crippen molar-refractivity contribution in [2.45, 2.75) is 20.1 Å². The number of nitrogens with two attached hydrogens (primary N) is 1. The third-order valence-electron chi connectivity index (χ3n) is 3.27. The molecule has 1 aromatic heterocycles. The summed E-state index contributed by atoms with van der Waals surface area (Å²) in [4.78, 5) is 1.23. The Labute approximate surface area is 122 Å². The topological polar surface area (TPSA) is 35.2 Å². The van der Waals surface area contributed by atoms with Crippen molar-refractivity contribution < 1.29 is 4.74 Å². The van der Waals surface area contributed by atoms with Crippen LogP contribution < -0.4 is 10.5 Å². The highest BCUT2D eigenvalue weighted by Gasteiger charge is 2.03. The molecule has 0 bridgehead atoms. The minimum absolute atomic E-state index is 0.586. The van der Waals surface area contributed by atoms with Crippen LogP contribution in [-0.2, 0) is 13.2 Å². The molecule has 102 valence electrons. The molecule has 0 radical (unpaired) electrons. The molecule has 0 aliphatic heterocycles. The Morgan fingerprint density at radius 1 is 1.05 bits per heavy atom. The van der Waals surface area contributed by atoms with Gasteiger partial charge in [-0.2, -0.15) is 0 Å². The Morgan fingerprint density at radius 3 is 2.60 bits per heavy atom. The molecule has 20 heavy (non-hydrogen) atoms. The lowest BCUT2D eigenvalue weighted by atomic mass is 10.2. The highest BCUT2D eigenvalue weighted by atomic mass is 32.1. The van der Waals surface area contributed by atoms with E-state index in [4.69, 9.17) is 10.5 Å². The van der Waals surface area contributed by atoms with Crippen molar-refractivity contribution >= 4 is 21.4 Å². The van der Waals surface area contributed by atoms with Crippen LogP contribution in [-0.4, -0.2) is 0 Å². The molecule has 2 N–H and O–H groups in total. The monoisotopic (exact) mass is 283 g/mol. The van der Waals surface area contributed by atoms with Crippen molar-refractivity contribution in [2.75, 3.05) is 0 Å². The number of rotatable bonds is 4. The van der Waals surface area contributed by atoms with E-state index in [0.29, 0.717) is 13.2 Å². The number of hydrogen-bond acceptors (Lipinski definition) is 3. The summed E-state index contributed by atoms with van der Waals surface area (Å²) in [5, 5.41) is 1.26. The second-order valence-electron chi connectivity index (χ2n) is 4.89. The molecule has 0 unspecified atom stereocenters. The predicted octanol–water partition coefficient (Wildman–Crippen LogP) is 4.25. The molecule has 1 heterocycles. The maximum absolute atomic E-state index is 5.82. The van der Waals surface area contributed by atoms with E-state index in [9.17, 15) is 0 Å². The summed E-state index contributed by atoms with van der Waals surface area (Å²) in [6.45, 7) is 3.27. The average Bonchev–Trinajstić information content (AvgIpc) is 2.88. The largest absolute Gasteiger partial charge is 0.488 e. The molecule has 0 aliphatic carbocycles. The standard InChI is InChI=1S/C17H17NOS/c1-12-2-6-15(7-3-12)19-11-16-9-14-5-4-13(10-18)8-17(14)20-16/h2-9H,10-11,18H2,1H3. The van der Waals surface area contributed by atoms with E-state index in [1.165, 1.54) is 26.1 Å². The fourth-order valence-electron chi connectivity index (χ4n) is 2.12. The second kappa shape index (κ2) is 5.65. The molecule has 3 heteroatoms. The van der Waals surface area contributed by atoms with Crippen LogP contribution in [0.15, 0.2) is 48.5 Å². The average molecular weight is 283 g/mol. The van der Waals surface area contributed by atoms with Gasteiger partial charge in [0.2, 0.25) is 0 Å². The first-order valence-electron chi connectivity index (χ1n) is 6.65. The van der Waals surface area contributed by atoms with Crippen molar-refractivity contribution in [2.24, 2.45) is 5.73 Å². The molecule has 3 aromatic rings. The molecule has 2 aromatic carbocycles. The SMILES string of the molecule is Cc1ccc(OCc2cc3ccc(CN)cc3s2)cc1. The number of hydrogen-bond donors (Lipinski definition) is 1. The maximum atomic E-state index is 5.82. The zero-order chi connectivity index (χ0) is 13.9. The number of fused-ring (bicyclic) bond motifs is 1. The Hall–Kier alpha value is -1.84. The molecule has 0 aliphatic rings. The first-order chi connectivity index (χ1) is 9.74. The highest BCUT2D eigenvalue weighted by molar-refractivity contribution is 7.19. The van der Waals surface area contributed by atoms with Crippen LogP contribution >= 0.6 is 11.3 Å². The van der Waals surface area contributed by atoms with Gasteiger partial charge in [-0.05, 0) is 42.1 Å².